The first-order valence-corrected chi connectivity index (χ1v) is 7.70. The second kappa shape index (κ2) is 7.31. The maximum Gasteiger partial charge on any atom is 0.250 e. The van der Waals surface area contributed by atoms with Crippen LogP contribution >= 0.6 is 0 Å². The van der Waals surface area contributed by atoms with E-state index in [0.717, 1.165) is 38.9 Å². The number of halogens is 1. The highest BCUT2D eigenvalue weighted by atomic mass is 19.1. The molecule has 1 fully saturated rings. The molecule has 0 spiro atoms. The van der Waals surface area contributed by atoms with Gasteiger partial charge in [-0.15, -0.1) is 0 Å². The zero-order valence-corrected chi connectivity index (χ0v) is 12.5. The summed E-state index contributed by atoms with van der Waals surface area (Å²) in [6.45, 7) is 2.97. The van der Waals surface area contributed by atoms with Crippen LogP contribution in [0.4, 0.5) is 4.39 Å². The monoisotopic (exact) mass is 301 g/mol. The maximum absolute atomic E-state index is 13.5. The lowest BCUT2D eigenvalue weighted by atomic mass is 10.1. The van der Waals surface area contributed by atoms with E-state index in [4.69, 9.17) is 4.74 Å². The topological polar surface area (TPSA) is 38.2 Å². The van der Waals surface area contributed by atoms with Gasteiger partial charge in [0.1, 0.15) is 6.10 Å². The quantitative estimate of drug-likeness (QED) is 0.851. The van der Waals surface area contributed by atoms with Crippen LogP contribution in [0.2, 0.25) is 0 Å². The molecule has 0 N–H and O–H groups in total. The number of hydrogen-bond acceptors (Lipinski definition) is 4. The number of nitrogens with zero attached hydrogens (tertiary/aromatic N) is 3. The molecule has 3 rings (SSSR count). The van der Waals surface area contributed by atoms with Gasteiger partial charge in [-0.25, -0.2) is 9.37 Å². The van der Waals surface area contributed by atoms with Crippen LogP contribution in [0.1, 0.15) is 18.4 Å². The van der Waals surface area contributed by atoms with Crippen LogP contribution in [-0.2, 0) is 6.42 Å². The summed E-state index contributed by atoms with van der Waals surface area (Å²) in [6, 6.07) is 7.03. The lowest BCUT2D eigenvalue weighted by Gasteiger charge is -2.31. The van der Waals surface area contributed by atoms with Crippen LogP contribution in [0.25, 0.3) is 0 Å². The molecule has 22 heavy (non-hydrogen) atoms. The SMILES string of the molecule is Fc1cccnc1OC1CCN(CCc2cccnc2)CC1. The minimum Gasteiger partial charge on any atom is -0.472 e. The van der Waals surface area contributed by atoms with Gasteiger partial charge in [0.05, 0.1) is 0 Å². The van der Waals surface area contributed by atoms with Gasteiger partial charge >= 0.3 is 0 Å². The van der Waals surface area contributed by atoms with E-state index in [0.29, 0.717) is 0 Å². The molecular weight excluding hydrogens is 281 g/mol. The van der Waals surface area contributed by atoms with Gasteiger partial charge in [-0.3, -0.25) is 4.98 Å². The molecule has 0 aliphatic carbocycles. The molecular formula is C17H20FN3O. The van der Waals surface area contributed by atoms with Crippen molar-refractivity contribution in [3.05, 3.63) is 54.2 Å². The van der Waals surface area contributed by atoms with Crippen LogP contribution in [-0.4, -0.2) is 40.6 Å². The molecule has 0 saturated carbocycles. The molecule has 3 heterocycles. The Bertz CT molecular complexity index is 585. The Labute approximate surface area is 130 Å². The Hall–Kier alpha value is -2.01. The Morgan fingerprint density at radius 1 is 1.18 bits per heavy atom. The van der Waals surface area contributed by atoms with Crippen LogP contribution < -0.4 is 4.74 Å². The van der Waals surface area contributed by atoms with Crippen molar-refractivity contribution >= 4 is 0 Å². The molecule has 1 aliphatic rings. The number of pyridine rings is 2. The van der Waals surface area contributed by atoms with E-state index in [1.165, 1.54) is 11.6 Å². The summed E-state index contributed by atoms with van der Waals surface area (Å²) in [5, 5.41) is 0. The smallest absolute Gasteiger partial charge is 0.250 e. The van der Waals surface area contributed by atoms with Gasteiger partial charge in [0.2, 0.25) is 0 Å². The van der Waals surface area contributed by atoms with Crippen molar-refractivity contribution in [3.63, 3.8) is 0 Å². The van der Waals surface area contributed by atoms with Crippen LogP contribution in [0.3, 0.4) is 0 Å². The van der Waals surface area contributed by atoms with Crippen molar-refractivity contribution in [1.29, 1.82) is 0 Å². The van der Waals surface area contributed by atoms with Gasteiger partial charge in [-0.1, -0.05) is 6.07 Å². The Morgan fingerprint density at radius 2 is 2.00 bits per heavy atom. The zero-order valence-electron chi connectivity index (χ0n) is 12.5. The van der Waals surface area contributed by atoms with E-state index in [2.05, 4.69) is 20.9 Å². The second-order valence-electron chi connectivity index (χ2n) is 5.56. The molecule has 1 aliphatic heterocycles. The fourth-order valence-electron chi connectivity index (χ4n) is 2.70. The van der Waals surface area contributed by atoms with Gasteiger partial charge in [0.25, 0.3) is 5.88 Å². The third-order valence-electron chi connectivity index (χ3n) is 3.98. The molecule has 4 nitrogen and oxygen atoms in total. The van der Waals surface area contributed by atoms with Gasteiger partial charge in [0.15, 0.2) is 5.82 Å². The average Bonchev–Trinajstić information content (AvgIpc) is 2.57. The number of piperidine rings is 1. The molecule has 1 saturated heterocycles. The Kier molecular flexibility index (Phi) is 4.96. The normalized spacial score (nSPS) is 16.6. The highest BCUT2D eigenvalue weighted by Gasteiger charge is 2.21. The molecule has 5 heteroatoms. The van der Waals surface area contributed by atoms with Crippen molar-refractivity contribution in [2.75, 3.05) is 19.6 Å². The highest BCUT2D eigenvalue weighted by Crippen LogP contribution is 2.19. The van der Waals surface area contributed by atoms with Gasteiger partial charge in [0, 0.05) is 38.2 Å². The number of rotatable bonds is 5. The average molecular weight is 301 g/mol. The molecule has 2 aromatic heterocycles. The highest BCUT2D eigenvalue weighted by molar-refractivity contribution is 5.13. The summed E-state index contributed by atoms with van der Waals surface area (Å²) in [6.07, 6.45) is 8.14. The second-order valence-corrected chi connectivity index (χ2v) is 5.56. The predicted octanol–water partition coefficient (Wildman–Crippen LogP) is 2.70. The standard InChI is InChI=1S/C17H20FN3O/c18-16-4-2-9-20-17(16)22-15-6-11-21(12-7-15)10-5-14-3-1-8-19-13-14/h1-4,8-9,13,15H,5-7,10-12H2. The largest absolute Gasteiger partial charge is 0.472 e. The summed E-state index contributed by atoms with van der Waals surface area (Å²) >= 11 is 0. The Balaban J connectivity index is 1.44. The molecule has 0 atom stereocenters. The third kappa shape index (κ3) is 4.01. The van der Waals surface area contributed by atoms with Crippen molar-refractivity contribution < 1.29 is 9.13 Å². The summed E-state index contributed by atoms with van der Waals surface area (Å²) in [7, 11) is 0. The summed E-state index contributed by atoms with van der Waals surface area (Å²) in [5.74, 6) is -0.266. The summed E-state index contributed by atoms with van der Waals surface area (Å²) in [5.41, 5.74) is 1.26. The maximum atomic E-state index is 13.5. The van der Waals surface area contributed by atoms with Crippen molar-refractivity contribution in [2.24, 2.45) is 0 Å². The fraction of sp³-hybridized carbons (Fsp3) is 0.412. The van der Waals surface area contributed by atoms with E-state index in [9.17, 15) is 4.39 Å². The van der Waals surface area contributed by atoms with Crippen molar-refractivity contribution in [1.82, 2.24) is 14.9 Å². The molecule has 0 radical (unpaired) electrons. The molecule has 2 aromatic rings. The lowest BCUT2D eigenvalue weighted by molar-refractivity contribution is 0.0937. The van der Waals surface area contributed by atoms with Gasteiger partial charge < -0.3 is 9.64 Å². The third-order valence-corrected chi connectivity index (χ3v) is 3.98. The molecule has 0 bridgehead atoms. The minimum absolute atomic E-state index is 0.0547. The van der Waals surface area contributed by atoms with E-state index in [1.807, 2.05) is 12.3 Å². The van der Waals surface area contributed by atoms with Crippen LogP contribution in [0.15, 0.2) is 42.9 Å². The first kappa shape index (κ1) is 14.9. The molecule has 0 amide bonds. The summed E-state index contributed by atoms with van der Waals surface area (Å²) < 4.78 is 19.2. The molecule has 116 valence electrons. The van der Waals surface area contributed by atoms with Gasteiger partial charge in [-0.2, -0.15) is 0 Å². The van der Waals surface area contributed by atoms with E-state index in [1.54, 1.807) is 18.5 Å². The van der Waals surface area contributed by atoms with E-state index < -0.39 is 0 Å². The predicted molar refractivity (Wildman–Crippen MR) is 82.2 cm³/mol. The number of aromatic nitrogens is 2. The van der Waals surface area contributed by atoms with E-state index >= 15 is 0 Å². The molecule has 0 unspecified atom stereocenters. The minimum atomic E-state index is -0.387. The number of likely N-dealkylation sites (tertiary alicyclic amines) is 1. The fourth-order valence-corrected chi connectivity index (χ4v) is 2.70. The lowest BCUT2D eigenvalue weighted by Crippen LogP contribution is -2.39. The molecule has 0 aromatic carbocycles. The van der Waals surface area contributed by atoms with Crippen molar-refractivity contribution in [3.8, 4) is 5.88 Å². The van der Waals surface area contributed by atoms with Crippen LogP contribution in [0.5, 0.6) is 5.88 Å². The first-order valence-electron chi connectivity index (χ1n) is 7.70. The first-order chi connectivity index (χ1) is 10.8. The number of hydrogen-bond donors (Lipinski definition) is 0. The summed E-state index contributed by atoms with van der Waals surface area (Å²) in [4.78, 5) is 10.5. The van der Waals surface area contributed by atoms with Gasteiger partial charge in [-0.05, 0) is 43.0 Å². The number of ether oxygens (including phenoxy) is 1. The van der Waals surface area contributed by atoms with Crippen molar-refractivity contribution in [2.45, 2.75) is 25.4 Å². The Morgan fingerprint density at radius 3 is 2.73 bits per heavy atom. The van der Waals surface area contributed by atoms with Crippen LogP contribution in [0, 0.1) is 5.82 Å². The van der Waals surface area contributed by atoms with E-state index in [-0.39, 0.29) is 17.8 Å². The zero-order chi connectivity index (χ0) is 15.2.